The summed E-state index contributed by atoms with van der Waals surface area (Å²) in [5.41, 5.74) is 4.85. The number of likely N-dealkylation sites (N-methyl/N-ethyl adjacent to an activating group) is 1. The van der Waals surface area contributed by atoms with Crippen LogP contribution in [0.5, 0.6) is 0 Å². The van der Waals surface area contributed by atoms with E-state index in [2.05, 4.69) is 10.3 Å². The summed E-state index contributed by atoms with van der Waals surface area (Å²) < 4.78 is 0. The third-order valence-electron chi connectivity index (χ3n) is 6.47. The number of rotatable bonds is 7. The highest BCUT2D eigenvalue weighted by Gasteiger charge is 2.41. The van der Waals surface area contributed by atoms with Crippen LogP contribution in [0.15, 0.2) is 66.7 Å². The van der Waals surface area contributed by atoms with Gasteiger partial charge in [-0.3, -0.25) is 9.59 Å². The number of para-hydroxylation sites is 1. The molecular formula is C28H26Cl2N4O2. The molecule has 0 aliphatic carbocycles. The largest absolute Gasteiger partial charge is 0.354 e. The molecule has 184 valence electrons. The second kappa shape index (κ2) is 9.97. The van der Waals surface area contributed by atoms with Gasteiger partial charge in [0, 0.05) is 45.7 Å². The van der Waals surface area contributed by atoms with Crippen molar-refractivity contribution in [1.29, 1.82) is 0 Å². The maximum atomic E-state index is 13.6. The van der Waals surface area contributed by atoms with E-state index >= 15 is 0 Å². The Labute approximate surface area is 219 Å². The summed E-state index contributed by atoms with van der Waals surface area (Å²) in [6.07, 6.45) is 0. The number of H-pyrrole nitrogens is 1. The minimum absolute atomic E-state index is 0.0566. The molecule has 2 N–H and O–H groups in total. The molecule has 0 saturated heterocycles. The quantitative estimate of drug-likeness (QED) is 0.344. The van der Waals surface area contributed by atoms with E-state index < -0.39 is 6.04 Å². The van der Waals surface area contributed by atoms with Gasteiger partial charge in [0.25, 0.3) is 5.91 Å². The lowest BCUT2D eigenvalue weighted by atomic mass is 9.93. The topological polar surface area (TPSA) is 68.4 Å². The van der Waals surface area contributed by atoms with Gasteiger partial charge in [0.15, 0.2) is 0 Å². The maximum Gasteiger partial charge on any atom is 0.255 e. The molecule has 0 fully saturated rings. The van der Waals surface area contributed by atoms with Crippen molar-refractivity contribution in [1.82, 2.24) is 20.1 Å². The molecule has 5 rings (SSSR count). The smallest absolute Gasteiger partial charge is 0.255 e. The van der Waals surface area contributed by atoms with Gasteiger partial charge < -0.3 is 20.1 Å². The summed E-state index contributed by atoms with van der Waals surface area (Å²) in [6, 6.07) is 20.4. The van der Waals surface area contributed by atoms with E-state index in [1.807, 2.05) is 73.6 Å². The Morgan fingerprint density at radius 1 is 1.03 bits per heavy atom. The van der Waals surface area contributed by atoms with Crippen molar-refractivity contribution in [3.05, 3.63) is 93.5 Å². The number of hydrogen-bond acceptors (Lipinski definition) is 3. The highest BCUT2D eigenvalue weighted by molar-refractivity contribution is 6.36. The minimum Gasteiger partial charge on any atom is -0.354 e. The van der Waals surface area contributed by atoms with E-state index in [4.69, 9.17) is 23.2 Å². The molecule has 0 saturated carbocycles. The van der Waals surface area contributed by atoms with Crippen LogP contribution in [0.3, 0.4) is 0 Å². The van der Waals surface area contributed by atoms with E-state index in [-0.39, 0.29) is 18.4 Å². The fraction of sp³-hybridized carbons (Fsp3) is 0.214. The van der Waals surface area contributed by atoms with Crippen LogP contribution in [0, 0.1) is 0 Å². The first-order chi connectivity index (χ1) is 17.3. The van der Waals surface area contributed by atoms with Crippen molar-refractivity contribution >= 4 is 45.9 Å². The fourth-order valence-electron chi connectivity index (χ4n) is 4.83. The molecule has 0 bridgehead atoms. The van der Waals surface area contributed by atoms with Gasteiger partial charge in [-0.15, -0.1) is 0 Å². The number of carbonyl (C=O) groups is 2. The van der Waals surface area contributed by atoms with Gasteiger partial charge in [-0.25, -0.2) is 0 Å². The molecule has 2 heterocycles. The van der Waals surface area contributed by atoms with E-state index in [0.29, 0.717) is 28.7 Å². The zero-order valence-electron chi connectivity index (χ0n) is 20.0. The van der Waals surface area contributed by atoms with Crippen LogP contribution in [-0.2, 0) is 4.79 Å². The van der Waals surface area contributed by atoms with Gasteiger partial charge in [0.2, 0.25) is 5.91 Å². The Bertz CT molecular complexity index is 1460. The number of fused-ring (bicyclic) bond motifs is 2. The van der Waals surface area contributed by atoms with Crippen molar-refractivity contribution in [2.45, 2.75) is 6.04 Å². The summed E-state index contributed by atoms with van der Waals surface area (Å²) in [4.78, 5) is 33.7. The van der Waals surface area contributed by atoms with Crippen LogP contribution < -0.4 is 5.32 Å². The normalized spacial score (nSPS) is 15.1. The number of nitrogens with zero attached hydrogens (tertiary/aromatic N) is 2. The average Bonchev–Trinajstić information content (AvgIpc) is 3.34. The third-order valence-corrected chi connectivity index (χ3v) is 7.02. The van der Waals surface area contributed by atoms with Crippen LogP contribution >= 0.6 is 23.2 Å². The molecule has 1 atom stereocenters. The first-order valence-electron chi connectivity index (χ1n) is 11.7. The van der Waals surface area contributed by atoms with E-state index in [9.17, 15) is 9.59 Å². The number of hydrogen-bond donors (Lipinski definition) is 2. The highest BCUT2D eigenvalue weighted by atomic mass is 35.5. The molecule has 0 radical (unpaired) electrons. The average molecular weight is 521 g/mol. The Kier molecular flexibility index (Phi) is 6.75. The van der Waals surface area contributed by atoms with Crippen LogP contribution in [0.25, 0.3) is 22.2 Å². The van der Waals surface area contributed by atoms with Crippen molar-refractivity contribution in [3.63, 3.8) is 0 Å². The summed E-state index contributed by atoms with van der Waals surface area (Å²) >= 11 is 12.8. The molecule has 1 unspecified atom stereocenters. The lowest BCUT2D eigenvalue weighted by molar-refractivity contribution is -0.122. The van der Waals surface area contributed by atoms with Crippen molar-refractivity contribution in [2.75, 3.05) is 33.7 Å². The lowest BCUT2D eigenvalue weighted by Crippen LogP contribution is -2.41. The third kappa shape index (κ3) is 4.48. The predicted molar refractivity (Wildman–Crippen MR) is 145 cm³/mol. The second-order valence-electron chi connectivity index (χ2n) is 9.16. The van der Waals surface area contributed by atoms with Crippen molar-refractivity contribution in [2.24, 2.45) is 0 Å². The molecule has 36 heavy (non-hydrogen) atoms. The molecule has 2 amide bonds. The molecule has 6 nitrogen and oxygen atoms in total. The Morgan fingerprint density at radius 2 is 1.78 bits per heavy atom. The molecule has 3 aromatic carbocycles. The summed E-state index contributed by atoms with van der Waals surface area (Å²) in [5, 5.41) is 4.94. The number of carbonyl (C=O) groups excluding carboxylic acids is 2. The van der Waals surface area contributed by atoms with Crippen LogP contribution in [0.2, 0.25) is 10.0 Å². The summed E-state index contributed by atoms with van der Waals surface area (Å²) in [5.74, 6) is -0.370. The number of aromatic amines is 1. The van der Waals surface area contributed by atoms with Gasteiger partial charge in [-0.2, -0.15) is 0 Å². The molecule has 1 aromatic heterocycles. The molecule has 1 aliphatic rings. The molecule has 4 aromatic rings. The Morgan fingerprint density at radius 3 is 2.56 bits per heavy atom. The molecular weight excluding hydrogens is 495 g/mol. The summed E-state index contributed by atoms with van der Waals surface area (Å²) in [6.45, 7) is 1.16. The van der Waals surface area contributed by atoms with E-state index in [0.717, 1.165) is 33.3 Å². The fourth-order valence-corrected chi connectivity index (χ4v) is 5.33. The van der Waals surface area contributed by atoms with Gasteiger partial charge in [0.05, 0.1) is 16.8 Å². The van der Waals surface area contributed by atoms with Gasteiger partial charge in [0.1, 0.15) is 6.54 Å². The van der Waals surface area contributed by atoms with Crippen molar-refractivity contribution < 1.29 is 9.59 Å². The maximum absolute atomic E-state index is 13.6. The summed E-state index contributed by atoms with van der Waals surface area (Å²) in [7, 11) is 3.90. The first-order valence-corrected chi connectivity index (χ1v) is 12.5. The number of nitrogens with one attached hydrogen (secondary N) is 2. The van der Waals surface area contributed by atoms with Gasteiger partial charge in [-0.05, 0) is 50.0 Å². The lowest BCUT2D eigenvalue weighted by Gasteiger charge is -2.26. The Balaban J connectivity index is 1.65. The zero-order valence-corrected chi connectivity index (χ0v) is 21.5. The Hall–Kier alpha value is -3.32. The highest BCUT2D eigenvalue weighted by Crippen LogP contribution is 2.46. The molecule has 0 spiro atoms. The predicted octanol–water partition coefficient (Wildman–Crippen LogP) is 5.36. The van der Waals surface area contributed by atoms with Crippen LogP contribution in [0.4, 0.5) is 0 Å². The van der Waals surface area contributed by atoms with Crippen molar-refractivity contribution in [3.8, 4) is 11.3 Å². The van der Waals surface area contributed by atoms with E-state index in [1.165, 1.54) is 0 Å². The molecule has 1 aliphatic heterocycles. The first kappa shape index (κ1) is 24.4. The van der Waals surface area contributed by atoms with Gasteiger partial charge in [-0.1, -0.05) is 59.6 Å². The minimum atomic E-state index is -0.466. The number of halogens is 2. The number of benzene rings is 3. The molecule has 8 heteroatoms. The number of amides is 2. The zero-order chi connectivity index (χ0) is 25.4. The standard InChI is InChI=1S/C28H26Cl2N4O2/c1-33(2)14-13-31-24(35)16-34-27(18-7-3-4-8-19(18)28(34)36)25-21-9-5-6-10-23(21)32-26(25)20-12-11-17(29)15-22(20)30/h3-12,15,27,32H,13-14,16H2,1-2H3,(H,31,35). The van der Waals surface area contributed by atoms with Gasteiger partial charge >= 0.3 is 0 Å². The number of aromatic nitrogens is 1. The van der Waals surface area contributed by atoms with Crippen LogP contribution in [-0.4, -0.2) is 60.3 Å². The second-order valence-corrected chi connectivity index (χ2v) is 10.0. The van der Waals surface area contributed by atoms with Crippen LogP contribution in [0.1, 0.15) is 27.5 Å². The SMILES string of the molecule is CN(C)CCNC(=O)CN1C(=O)c2ccccc2C1c1c(-c2ccc(Cl)cc2Cl)[nH]c2ccccc12. The monoisotopic (exact) mass is 520 g/mol. The van der Waals surface area contributed by atoms with E-state index in [1.54, 1.807) is 17.0 Å².